The van der Waals surface area contributed by atoms with Gasteiger partial charge in [-0.1, -0.05) is 87.7 Å². The largest absolute Gasteiger partial charge is 1.00 e. The molecule has 0 saturated carbocycles. The van der Waals surface area contributed by atoms with E-state index < -0.39 is 50.5 Å². The number of para-hydroxylation sites is 4. The number of carbonyl (C=O) groups is 5. The first-order chi connectivity index (χ1) is 33.8. The van der Waals surface area contributed by atoms with Gasteiger partial charge in [0.2, 0.25) is 0 Å². The number of sulfonamides is 2. The number of hydrogen-bond donors (Lipinski definition) is 5. The minimum absolute atomic E-state index is 0. The molecule has 0 bridgehead atoms. The van der Waals surface area contributed by atoms with Crippen molar-refractivity contribution in [1.82, 2.24) is 0 Å². The molecule has 8 rings (SSSR count). The van der Waals surface area contributed by atoms with Gasteiger partial charge < -0.3 is 51.7 Å². The maximum absolute atomic E-state index is 12.6. The predicted molar refractivity (Wildman–Crippen MR) is 258 cm³/mol. The number of phenols is 2. The van der Waals surface area contributed by atoms with Gasteiger partial charge in [0.25, 0.3) is 26.5 Å². The summed E-state index contributed by atoms with van der Waals surface area (Å²) in [6, 6.07) is 32.2. The van der Waals surface area contributed by atoms with Crippen molar-refractivity contribution in [2.75, 3.05) is 22.6 Å². The maximum Gasteiger partial charge on any atom is 1.00 e. The average molecular weight is 1190 g/mol. The second-order valence-corrected chi connectivity index (χ2v) is 18.1. The fraction of sp³-hybridized carbons (Fsp3) is 0.0444. The van der Waals surface area contributed by atoms with Crippen molar-refractivity contribution in [2.45, 2.75) is 9.79 Å². The van der Waals surface area contributed by atoms with Crippen LogP contribution in [-0.2, 0) is 34.5 Å². The van der Waals surface area contributed by atoms with Gasteiger partial charge in [0.1, 0.15) is 60.9 Å². The molecule has 21 nitrogen and oxygen atoms in total. The second-order valence-electron chi connectivity index (χ2n) is 13.6. The molecule has 2 aliphatic heterocycles. The van der Waals surface area contributed by atoms with E-state index in [9.17, 15) is 46.2 Å². The van der Waals surface area contributed by atoms with Crippen LogP contribution < -0.4 is 128 Å². The summed E-state index contributed by atoms with van der Waals surface area (Å²) in [7, 11) is -7.64. The number of esters is 3. The molecule has 0 aromatic heterocycles. The smallest absolute Gasteiger partial charge is 1.00 e. The number of hydrogen-bond acceptors (Lipinski definition) is 18. The minimum Gasteiger partial charge on any atom is -1.00 e. The van der Waals surface area contributed by atoms with Crippen molar-refractivity contribution >= 4 is 113 Å². The predicted octanol–water partition coefficient (Wildman–Crippen LogP) is 0.747. The zero-order valence-electron chi connectivity index (χ0n) is 38.6. The van der Waals surface area contributed by atoms with Crippen molar-refractivity contribution in [2.24, 2.45) is 8.80 Å². The zero-order valence-corrected chi connectivity index (χ0v) is 48.6. The van der Waals surface area contributed by atoms with E-state index in [4.69, 9.17) is 52.6 Å². The monoisotopic (exact) mass is 1190 g/mol. The molecule has 6 aromatic carbocycles. The topological polar surface area (TPSA) is 323 Å². The van der Waals surface area contributed by atoms with E-state index >= 15 is 0 Å². The van der Waals surface area contributed by atoms with Crippen LogP contribution in [-0.4, -0.2) is 86.1 Å². The van der Waals surface area contributed by atoms with E-state index in [1.54, 1.807) is 48.5 Å². The molecular formula is C45H33BrCl2K2N4O17S2. The number of aromatic hydroxyl groups is 2. The van der Waals surface area contributed by atoms with Gasteiger partial charge in [-0.25, -0.2) is 19.2 Å². The Bertz CT molecular complexity index is 3320. The third kappa shape index (κ3) is 17.8. The Kier molecular flexibility index (Phi) is 25.3. The first kappa shape index (κ1) is 62.7. The molecule has 0 unspecified atom stereocenters. The Hall–Kier alpha value is -4.60. The number of carboxylic acid groups (broad SMARTS) is 1. The van der Waals surface area contributed by atoms with E-state index in [0.717, 1.165) is 0 Å². The quantitative estimate of drug-likeness (QED) is 0.0240. The van der Waals surface area contributed by atoms with E-state index in [2.05, 4.69) is 40.2 Å². The van der Waals surface area contributed by atoms with Gasteiger partial charge in [0, 0.05) is 10.0 Å². The summed E-state index contributed by atoms with van der Waals surface area (Å²) < 4.78 is 70.8. The molecule has 0 fully saturated rings. The first-order valence-electron chi connectivity index (χ1n) is 19.5. The molecule has 28 heteroatoms. The number of benzene rings is 6. The minimum atomic E-state index is -4.03. The summed E-state index contributed by atoms with van der Waals surface area (Å²) in [5.74, 6) is -4.15. The molecule has 0 saturated heterocycles. The third-order valence-electron chi connectivity index (χ3n) is 8.85. The van der Waals surface area contributed by atoms with Crippen LogP contribution in [0, 0.1) is 0 Å². The van der Waals surface area contributed by atoms with Gasteiger partial charge in [0.05, 0.1) is 16.7 Å². The zero-order chi connectivity index (χ0) is 51.9. The van der Waals surface area contributed by atoms with Gasteiger partial charge in [0.15, 0.2) is 12.4 Å². The number of carbonyl (C=O) groups excluding carboxylic acids is 4. The van der Waals surface area contributed by atoms with Gasteiger partial charge in [-0.2, -0.15) is 16.8 Å². The normalized spacial score (nSPS) is 12.7. The van der Waals surface area contributed by atoms with Crippen LogP contribution in [0.4, 0.5) is 11.4 Å². The summed E-state index contributed by atoms with van der Waals surface area (Å²) in [5, 5.41) is 43.4. The number of nitrogens with zero attached hydrogens (tertiary/aromatic N) is 2. The Labute approximate surface area is 520 Å². The van der Waals surface area contributed by atoms with E-state index in [1.165, 1.54) is 84.9 Å². The molecule has 73 heavy (non-hydrogen) atoms. The fourth-order valence-corrected chi connectivity index (χ4v) is 9.00. The first-order valence-corrected chi connectivity index (χ1v) is 24.2. The Balaban J connectivity index is 0.000000389. The molecule has 0 amide bonds. The number of nitrogens with one attached hydrogen (secondary N) is 2. The standard InChI is InChI=1S/C22H15ClN2O7S.C14H10O5.C8H6BrClN2O2S.CH2O3.2K.H/c23-13-9-10-16-19(11-13)33(29,30)25-20(24-16)12-31-21(27)15-6-2-4-8-18(15)32-22(28)14-5-1-3-7-17(14)26;15-11-7-3-1-5-9(11)14(18)19-12-8-4-2-6-10(12)13(16)17;9-4-8-11-6-2-1-5(10)3-7(6)15(13,14)12-8;2-1-4-3;;;/h1-11,26H,12H2,(H,24,25);1-8,15H,(H,16,17);1-3H,4H2,(H,11,12);1,3H;;;/q;;;;2*+1;-1/p-1. The molecule has 0 spiro atoms. The molecule has 0 aliphatic carbocycles. The van der Waals surface area contributed by atoms with Crippen LogP contribution in [0.1, 0.15) is 42.9 Å². The van der Waals surface area contributed by atoms with Crippen molar-refractivity contribution < 1.29 is 185 Å². The van der Waals surface area contributed by atoms with E-state index in [0.29, 0.717) is 21.9 Å². The van der Waals surface area contributed by atoms with Gasteiger partial charge in [-0.05, 0) is 84.9 Å². The number of phenolic OH excluding ortho intramolecular Hbond substituents is 2. The van der Waals surface area contributed by atoms with Crippen molar-refractivity contribution in [3.8, 4) is 23.0 Å². The summed E-state index contributed by atoms with van der Waals surface area (Å²) in [4.78, 5) is 59.1. The van der Waals surface area contributed by atoms with Crippen LogP contribution in [0.2, 0.25) is 10.0 Å². The number of anilines is 2. The van der Waals surface area contributed by atoms with Gasteiger partial charge in [-0.3, -0.25) is 4.79 Å². The van der Waals surface area contributed by atoms with Crippen LogP contribution in [0.3, 0.4) is 0 Å². The SMILES string of the molecule is O=C(Oc1ccccc1C(=O)O)c1ccccc1O.O=C(Oc1ccccc1C(=O)OCC1=NS(=O)(=O)c2cc(Cl)ccc2N1)c1ccccc1O.O=CO[O-].O=S1(=O)N=C(CBr)Nc2ccc(Cl)cc21.[H-].[K+].[K+]. The van der Waals surface area contributed by atoms with Gasteiger partial charge in [-0.15, -0.1) is 8.80 Å². The van der Waals surface area contributed by atoms with E-state index in [1.807, 2.05) is 0 Å². The Morgan fingerprint density at radius 3 is 1.42 bits per heavy atom. The average Bonchev–Trinajstić information content (AvgIpc) is 3.34. The molecule has 370 valence electrons. The Morgan fingerprint density at radius 1 is 0.616 bits per heavy atom. The van der Waals surface area contributed by atoms with Crippen LogP contribution >= 0.6 is 39.1 Å². The molecule has 6 aromatic rings. The summed E-state index contributed by atoms with van der Waals surface area (Å²) in [5.41, 5.74) is 0.452. The summed E-state index contributed by atoms with van der Waals surface area (Å²) >= 11 is 14.7. The number of ether oxygens (including phenoxy) is 3. The molecule has 0 atom stereocenters. The molecule has 2 aliphatic rings. The Morgan fingerprint density at radius 2 is 1.00 bits per heavy atom. The molecule has 0 radical (unpaired) electrons. The summed E-state index contributed by atoms with van der Waals surface area (Å²) in [6.45, 7) is -0.665. The molecular weight excluding hydrogens is 1160 g/mol. The molecule has 5 N–H and O–H groups in total. The third-order valence-corrected chi connectivity index (χ3v) is 12.6. The number of amidine groups is 2. The van der Waals surface area contributed by atoms with Crippen LogP contribution in [0.15, 0.2) is 152 Å². The van der Waals surface area contributed by atoms with Crippen LogP contribution in [0.25, 0.3) is 0 Å². The van der Waals surface area contributed by atoms with Crippen molar-refractivity contribution in [1.29, 1.82) is 0 Å². The van der Waals surface area contributed by atoms with Crippen LogP contribution in [0.5, 0.6) is 23.0 Å². The molecule has 2 heterocycles. The number of alkyl halides is 1. The summed E-state index contributed by atoms with van der Waals surface area (Å²) in [6.07, 6.45) is 0. The maximum atomic E-state index is 12.6. The number of carboxylic acids is 1. The number of halogens is 3. The van der Waals surface area contributed by atoms with Crippen molar-refractivity contribution in [3.63, 3.8) is 0 Å². The van der Waals surface area contributed by atoms with Crippen molar-refractivity contribution in [3.05, 3.63) is 166 Å². The number of aromatic carboxylic acids is 1. The second kappa shape index (κ2) is 29.5. The van der Waals surface area contributed by atoms with Gasteiger partial charge >= 0.3 is 127 Å². The fourth-order valence-electron chi connectivity index (χ4n) is 5.76. The number of rotatable bonds is 10. The number of fused-ring (bicyclic) bond motifs is 2. The van der Waals surface area contributed by atoms with E-state index in [-0.39, 0.29) is 182 Å².